The monoisotopic (exact) mass is 412 g/mol. The van der Waals surface area contributed by atoms with Gasteiger partial charge in [0, 0.05) is 31.8 Å². The Morgan fingerprint density at radius 1 is 1.34 bits per heavy atom. The molecule has 0 radical (unpaired) electrons. The molecule has 1 heterocycles. The van der Waals surface area contributed by atoms with Gasteiger partial charge in [0.15, 0.2) is 0 Å². The molecule has 0 aromatic heterocycles. The summed E-state index contributed by atoms with van der Waals surface area (Å²) in [5.74, 6) is 0.200. The van der Waals surface area contributed by atoms with E-state index in [1.807, 2.05) is 13.8 Å². The van der Waals surface area contributed by atoms with Gasteiger partial charge in [0.25, 0.3) is 5.91 Å². The fourth-order valence-electron chi connectivity index (χ4n) is 3.16. The molecular weight excluding hydrogens is 380 g/mol. The van der Waals surface area contributed by atoms with Gasteiger partial charge in [0.1, 0.15) is 0 Å². The first-order valence-electron chi connectivity index (χ1n) is 10.4. The third-order valence-electron chi connectivity index (χ3n) is 5.01. The smallest absolute Gasteiger partial charge is 0.327 e. The molecule has 7 heteroatoms. The molecule has 0 aliphatic carbocycles. The normalized spacial score (nSPS) is 20.5. The number of unbranched alkanes of at least 4 members (excludes halogenated alkanes) is 4. The Bertz CT molecular complexity index is 624. The minimum absolute atomic E-state index is 0.0228. The lowest BCUT2D eigenvalue weighted by molar-refractivity contribution is -0.305. The second-order valence-electron chi connectivity index (χ2n) is 7.67. The molecule has 0 aromatic carbocycles. The van der Waals surface area contributed by atoms with Crippen LogP contribution in [0, 0.1) is 17.8 Å². The number of carbonyl (C=O) groups excluding carboxylic acids is 2. The van der Waals surface area contributed by atoms with E-state index in [4.69, 9.17) is 0 Å². The van der Waals surface area contributed by atoms with Crippen molar-refractivity contribution in [2.24, 2.45) is 5.92 Å². The van der Waals surface area contributed by atoms with Crippen LogP contribution in [0.25, 0.3) is 0 Å². The number of nitrogens with zero attached hydrogens (tertiary/aromatic N) is 1. The molecule has 1 rings (SSSR count). The third kappa shape index (κ3) is 8.95. The summed E-state index contributed by atoms with van der Waals surface area (Å²) in [7, 11) is 0. The van der Waals surface area contributed by atoms with E-state index in [1.54, 1.807) is 0 Å². The molecule has 1 aliphatic rings. The van der Waals surface area contributed by atoms with Gasteiger partial charge in [-0.1, -0.05) is 38.8 Å². The molecule has 3 atom stereocenters. The molecule has 29 heavy (non-hydrogen) atoms. The molecule has 1 saturated heterocycles. The number of hydrogen-bond acceptors (Lipinski definition) is 4. The molecule has 0 spiro atoms. The minimum atomic E-state index is -3.40. The minimum Gasteiger partial charge on any atom is -0.550 e. The molecule has 5 nitrogen and oxygen atoms in total. The predicted molar refractivity (Wildman–Crippen MR) is 105 cm³/mol. The van der Waals surface area contributed by atoms with E-state index in [0.717, 1.165) is 17.7 Å². The maximum atomic E-state index is 13.9. The summed E-state index contributed by atoms with van der Waals surface area (Å²) in [5.41, 5.74) is 0. The number of hydrogen-bond donors (Lipinski definition) is 1. The van der Waals surface area contributed by atoms with Crippen LogP contribution in [-0.2, 0) is 9.59 Å². The van der Waals surface area contributed by atoms with Crippen molar-refractivity contribution in [3.05, 3.63) is 12.2 Å². The zero-order chi connectivity index (χ0) is 21.9. The second kappa shape index (κ2) is 12.6. The SMILES string of the molecule is CCCC#CC[C@H](C)[C@H](O)/C=C/[C@H]1CC(F)(F)C(=O)N1CCCCCCC(=O)[O-]. The van der Waals surface area contributed by atoms with Gasteiger partial charge in [0.2, 0.25) is 0 Å². The van der Waals surface area contributed by atoms with E-state index in [0.29, 0.717) is 32.1 Å². The Labute approximate surface area is 172 Å². The highest BCUT2D eigenvalue weighted by atomic mass is 19.3. The first kappa shape index (κ1) is 25.1. The molecule has 0 unspecified atom stereocenters. The van der Waals surface area contributed by atoms with E-state index in [-0.39, 0.29) is 18.9 Å². The zero-order valence-electron chi connectivity index (χ0n) is 17.3. The molecule has 1 aliphatic heterocycles. The summed E-state index contributed by atoms with van der Waals surface area (Å²) >= 11 is 0. The highest BCUT2D eigenvalue weighted by Crippen LogP contribution is 2.34. The van der Waals surface area contributed by atoms with Gasteiger partial charge >= 0.3 is 5.92 Å². The topological polar surface area (TPSA) is 80.7 Å². The zero-order valence-corrected chi connectivity index (χ0v) is 17.3. The largest absolute Gasteiger partial charge is 0.550 e. The van der Waals surface area contributed by atoms with Crippen molar-refractivity contribution in [2.45, 2.75) is 89.7 Å². The Hall–Kier alpha value is -1.94. The fraction of sp³-hybridized carbons (Fsp3) is 0.727. The molecule has 0 saturated carbocycles. The summed E-state index contributed by atoms with van der Waals surface area (Å²) in [6, 6.07) is -0.756. The van der Waals surface area contributed by atoms with Crippen molar-refractivity contribution in [3.63, 3.8) is 0 Å². The number of halogens is 2. The van der Waals surface area contributed by atoms with E-state index >= 15 is 0 Å². The maximum absolute atomic E-state index is 13.9. The van der Waals surface area contributed by atoms with Crippen molar-refractivity contribution in [1.29, 1.82) is 0 Å². The Kier molecular flexibility index (Phi) is 10.9. The summed E-state index contributed by atoms with van der Waals surface area (Å²) in [6.07, 6.45) is 6.12. The fourth-order valence-corrected chi connectivity index (χ4v) is 3.16. The number of likely N-dealkylation sites (tertiary alicyclic amines) is 1. The first-order chi connectivity index (χ1) is 13.7. The number of carboxylic acids is 1. The van der Waals surface area contributed by atoms with Gasteiger partial charge < -0.3 is 19.9 Å². The van der Waals surface area contributed by atoms with Crippen LogP contribution in [-0.4, -0.2) is 46.5 Å². The van der Waals surface area contributed by atoms with Crippen molar-refractivity contribution in [1.82, 2.24) is 4.90 Å². The Morgan fingerprint density at radius 2 is 2.03 bits per heavy atom. The van der Waals surface area contributed by atoms with E-state index in [9.17, 15) is 28.6 Å². The van der Waals surface area contributed by atoms with Crippen molar-refractivity contribution >= 4 is 11.9 Å². The lowest BCUT2D eigenvalue weighted by Gasteiger charge is -2.22. The molecule has 1 N–H and O–H groups in total. The van der Waals surface area contributed by atoms with Crippen LogP contribution in [0.2, 0.25) is 0 Å². The summed E-state index contributed by atoms with van der Waals surface area (Å²) < 4.78 is 27.8. The molecule has 0 aromatic rings. The van der Waals surface area contributed by atoms with E-state index in [1.165, 1.54) is 12.2 Å². The maximum Gasteiger partial charge on any atom is 0.327 e. The number of aliphatic hydroxyl groups excluding tert-OH is 1. The van der Waals surface area contributed by atoms with Gasteiger partial charge in [0.05, 0.1) is 12.1 Å². The van der Waals surface area contributed by atoms with Gasteiger partial charge in [-0.25, -0.2) is 0 Å². The lowest BCUT2D eigenvalue weighted by Crippen LogP contribution is -2.36. The molecule has 0 bridgehead atoms. The lowest BCUT2D eigenvalue weighted by atomic mass is 9.99. The highest BCUT2D eigenvalue weighted by Gasteiger charge is 2.52. The second-order valence-corrected chi connectivity index (χ2v) is 7.67. The number of aliphatic hydroxyl groups is 1. The summed E-state index contributed by atoms with van der Waals surface area (Å²) in [5, 5.41) is 20.6. The number of alkyl halides is 2. The van der Waals surface area contributed by atoms with Crippen molar-refractivity contribution < 1.29 is 28.6 Å². The van der Waals surface area contributed by atoms with Crippen LogP contribution in [0.3, 0.4) is 0 Å². The number of rotatable bonds is 12. The summed E-state index contributed by atoms with van der Waals surface area (Å²) in [4.78, 5) is 23.5. The van der Waals surface area contributed by atoms with Crippen LogP contribution in [0.5, 0.6) is 0 Å². The Morgan fingerprint density at radius 3 is 2.69 bits per heavy atom. The number of carboxylic acid groups (broad SMARTS) is 1. The molecule has 1 fully saturated rings. The molecule has 1 amide bonds. The Balaban J connectivity index is 2.57. The quantitative estimate of drug-likeness (QED) is 0.304. The number of amides is 1. The van der Waals surface area contributed by atoms with E-state index in [2.05, 4.69) is 11.8 Å². The van der Waals surface area contributed by atoms with Crippen LogP contribution in [0.1, 0.15) is 71.6 Å². The van der Waals surface area contributed by atoms with Crippen molar-refractivity contribution in [2.75, 3.05) is 6.54 Å². The van der Waals surface area contributed by atoms with Gasteiger partial charge in [-0.3, -0.25) is 4.79 Å². The van der Waals surface area contributed by atoms with Crippen LogP contribution in [0.15, 0.2) is 12.2 Å². The first-order valence-corrected chi connectivity index (χ1v) is 10.4. The van der Waals surface area contributed by atoms with Crippen molar-refractivity contribution in [3.8, 4) is 11.8 Å². The van der Waals surface area contributed by atoms with Crippen LogP contribution < -0.4 is 5.11 Å². The average Bonchev–Trinajstić information content (AvgIpc) is 2.88. The number of aliphatic carboxylic acids is 1. The van der Waals surface area contributed by atoms with E-state index < -0.39 is 36.4 Å². The van der Waals surface area contributed by atoms with Gasteiger partial charge in [-0.05, 0) is 31.6 Å². The number of carbonyl (C=O) groups is 2. The average molecular weight is 412 g/mol. The van der Waals surface area contributed by atoms with Crippen LogP contribution >= 0.6 is 0 Å². The van der Waals surface area contributed by atoms with Gasteiger partial charge in [-0.2, -0.15) is 8.78 Å². The molecule has 164 valence electrons. The highest BCUT2D eigenvalue weighted by molar-refractivity contribution is 5.86. The molecular formula is C22H32F2NO4-. The predicted octanol–water partition coefficient (Wildman–Crippen LogP) is 2.67. The summed E-state index contributed by atoms with van der Waals surface area (Å²) in [6.45, 7) is 4.06. The third-order valence-corrected chi connectivity index (χ3v) is 5.01. The standard InChI is InChI=1S/C22H33F2NO4/c1-3-4-5-8-11-17(2)19(26)14-13-18-16-22(23,24)21(29)25(18)15-10-7-6-9-12-20(27)28/h13-14,17-19,26H,3-4,6-7,9-12,15-16H2,1-2H3,(H,27,28)/p-1/b14-13+/t17-,18-,19+/m0/s1. The van der Waals surface area contributed by atoms with Crippen LogP contribution in [0.4, 0.5) is 8.78 Å². The van der Waals surface area contributed by atoms with Gasteiger partial charge in [-0.15, -0.1) is 11.8 Å².